The van der Waals surface area contributed by atoms with Crippen LogP contribution in [0.4, 0.5) is 18.9 Å². The van der Waals surface area contributed by atoms with Crippen LogP contribution in [0.3, 0.4) is 0 Å². The van der Waals surface area contributed by atoms with Gasteiger partial charge in [0.15, 0.2) is 0 Å². The molecule has 2 aliphatic rings. The SMILES string of the molecule is Cc1cc(F)cc([C@@H](CC(=O)Nc2cncc(F)c2CCC[C@H]2CNCCN2S(=O)(=O)N2CCCCC2)c2ccc(F)cc2)c1. The van der Waals surface area contributed by atoms with Gasteiger partial charge in [0, 0.05) is 56.7 Å². The van der Waals surface area contributed by atoms with Crippen molar-refractivity contribution >= 4 is 21.8 Å². The van der Waals surface area contributed by atoms with Crippen LogP contribution < -0.4 is 10.6 Å². The first-order valence-electron chi connectivity index (χ1n) is 15.5. The van der Waals surface area contributed by atoms with E-state index in [9.17, 15) is 22.0 Å². The van der Waals surface area contributed by atoms with Crippen LogP contribution in [0.5, 0.6) is 0 Å². The Labute approximate surface area is 263 Å². The first-order valence-corrected chi connectivity index (χ1v) is 16.9. The maximum absolute atomic E-state index is 15.1. The van der Waals surface area contributed by atoms with Gasteiger partial charge in [0.1, 0.15) is 17.5 Å². The van der Waals surface area contributed by atoms with Gasteiger partial charge < -0.3 is 10.6 Å². The van der Waals surface area contributed by atoms with Crippen molar-refractivity contribution in [2.24, 2.45) is 0 Å². The predicted molar refractivity (Wildman–Crippen MR) is 167 cm³/mol. The van der Waals surface area contributed by atoms with Gasteiger partial charge in [-0.1, -0.05) is 24.6 Å². The van der Waals surface area contributed by atoms with Gasteiger partial charge in [-0.2, -0.15) is 17.0 Å². The minimum Gasteiger partial charge on any atom is -0.324 e. The van der Waals surface area contributed by atoms with Gasteiger partial charge in [-0.3, -0.25) is 9.78 Å². The summed E-state index contributed by atoms with van der Waals surface area (Å²) in [7, 11) is -3.59. The lowest BCUT2D eigenvalue weighted by Gasteiger charge is -2.39. The van der Waals surface area contributed by atoms with Crippen LogP contribution in [0.1, 0.15) is 66.7 Å². The topological polar surface area (TPSA) is 94.6 Å². The van der Waals surface area contributed by atoms with Crippen molar-refractivity contribution in [2.45, 2.75) is 63.8 Å². The van der Waals surface area contributed by atoms with E-state index in [4.69, 9.17) is 0 Å². The third-order valence-electron chi connectivity index (χ3n) is 8.61. The van der Waals surface area contributed by atoms with E-state index in [2.05, 4.69) is 15.6 Å². The smallest absolute Gasteiger partial charge is 0.282 e. The van der Waals surface area contributed by atoms with E-state index in [-0.39, 0.29) is 30.1 Å². The number of carbonyl (C=O) groups is 1. The second-order valence-corrected chi connectivity index (χ2v) is 13.8. The molecule has 45 heavy (non-hydrogen) atoms. The second kappa shape index (κ2) is 14.8. The second-order valence-electron chi connectivity index (χ2n) is 11.9. The van der Waals surface area contributed by atoms with E-state index in [1.807, 2.05) is 0 Å². The van der Waals surface area contributed by atoms with E-state index in [0.29, 0.717) is 62.3 Å². The highest BCUT2D eigenvalue weighted by molar-refractivity contribution is 7.86. The van der Waals surface area contributed by atoms with Crippen molar-refractivity contribution in [1.29, 1.82) is 0 Å². The fourth-order valence-corrected chi connectivity index (χ4v) is 8.24. The first kappa shape index (κ1) is 33.1. The molecule has 0 unspecified atom stereocenters. The van der Waals surface area contributed by atoms with Crippen LogP contribution in [-0.2, 0) is 21.4 Å². The van der Waals surface area contributed by atoms with Crippen molar-refractivity contribution in [2.75, 3.05) is 38.0 Å². The summed E-state index contributed by atoms with van der Waals surface area (Å²) in [5.41, 5.74) is 2.40. The number of hydrogen-bond donors (Lipinski definition) is 2. The zero-order valence-electron chi connectivity index (χ0n) is 25.4. The lowest BCUT2D eigenvalue weighted by atomic mass is 9.87. The van der Waals surface area contributed by atoms with Gasteiger partial charge in [-0.25, -0.2) is 13.2 Å². The van der Waals surface area contributed by atoms with Crippen LogP contribution in [0, 0.1) is 24.4 Å². The average Bonchev–Trinajstić information content (AvgIpc) is 3.02. The number of rotatable bonds is 11. The fourth-order valence-electron chi connectivity index (χ4n) is 6.35. The van der Waals surface area contributed by atoms with Gasteiger partial charge in [0.2, 0.25) is 5.91 Å². The molecule has 2 atom stereocenters. The summed E-state index contributed by atoms with van der Waals surface area (Å²) in [5.74, 6) is -2.44. The van der Waals surface area contributed by atoms with E-state index in [1.165, 1.54) is 30.5 Å². The van der Waals surface area contributed by atoms with Gasteiger partial charge in [0.25, 0.3) is 10.2 Å². The van der Waals surface area contributed by atoms with Crippen molar-refractivity contribution < 1.29 is 26.4 Å². The Bertz CT molecular complexity index is 1560. The van der Waals surface area contributed by atoms with Crippen molar-refractivity contribution in [1.82, 2.24) is 18.9 Å². The quantitative estimate of drug-likeness (QED) is 0.296. The highest BCUT2D eigenvalue weighted by atomic mass is 32.2. The molecule has 0 saturated carbocycles. The number of hydrogen-bond acceptors (Lipinski definition) is 5. The Morgan fingerprint density at radius 1 is 1.00 bits per heavy atom. The molecule has 242 valence electrons. The summed E-state index contributed by atoms with van der Waals surface area (Å²) in [5, 5.41) is 6.07. The zero-order valence-corrected chi connectivity index (χ0v) is 26.3. The van der Waals surface area contributed by atoms with E-state index < -0.39 is 39.5 Å². The Balaban J connectivity index is 1.28. The fraction of sp³-hybridized carbons (Fsp3) is 0.455. The number of piperazine rings is 1. The molecular formula is C33H40F3N5O3S. The molecule has 8 nitrogen and oxygen atoms in total. The molecule has 2 aromatic carbocycles. The molecule has 0 spiro atoms. The monoisotopic (exact) mass is 643 g/mol. The number of piperidine rings is 1. The predicted octanol–water partition coefficient (Wildman–Crippen LogP) is 5.30. The standard InChI is InChI=1S/C33H40F3N5O3S/c1-23-16-25(18-27(35)17-23)30(24-8-10-26(34)11-9-24)19-33(42)39-32-22-38-21-31(36)29(32)7-5-6-28-20-37-12-15-41(28)45(43,44)40-13-3-2-4-14-40/h8-11,16-18,21-22,28,30,37H,2-7,12-15,19-20H2,1H3,(H,39,42)/t28-,30-/m0/s1. The molecule has 12 heteroatoms. The third kappa shape index (κ3) is 8.29. The molecule has 1 amide bonds. The van der Waals surface area contributed by atoms with Gasteiger partial charge in [-0.05, 0) is 80.0 Å². The van der Waals surface area contributed by atoms with Gasteiger partial charge in [-0.15, -0.1) is 0 Å². The van der Waals surface area contributed by atoms with Crippen LogP contribution in [0.25, 0.3) is 0 Å². The summed E-state index contributed by atoms with van der Waals surface area (Å²) in [6.07, 6.45) is 6.41. The van der Waals surface area contributed by atoms with Crippen LogP contribution in [0.2, 0.25) is 0 Å². The molecule has 0 radical (unpaired) electrons. The summed E-state index contributed by atoms with van der Waals surface area (Å²) >= 11 is 0. The lowest BCUT2D eigenvalue weighted by molar-refractivity contribution is -0.116. The first-order chi connectivity index (χ1) is 21.6. The Morgan fingerprint density at radius 2 is 1.76 bits per heavy atom. The molecule has 3 aromatic rings. The number of pyridine rings is 1. The van der Waals surface area contributed by atoms with Gasteiger partial charge >= 0.3 is 0 Å². The van der Waals surface area contributed by atoms with Crippen molar-refractivity contribution in [3.63, 3.8) is 0 Å². The number of aromatic nitrogens is 1. The largest absolute Gasteiger partial charge is 0.324 e. The molecule has 2 fully saturated rings. The number of amides is 1. The number of nitrogens with zero attached hydrogens (tertiary/aromatic N) is 3. The number of benzene rings is 2. The van der Waals surface area contributed by atoms with Crippen LogP contribution >= 0.6 is 0 Å². The number of anilines is 1. The lowest BCUT2D eigenvalue weighted by Crippen LogP contribution is -2.57. The van der Waals surface area contributed by atoms with Gasteiger partial charge in [0.05, 0.1) is 18.1 Å². The van der Waals surface area contributed by atoms with Crippen LogP contribution in [0.15, 0.2) is 54.9 Å². The van der Waals surface area contributed by atoms with Crippen molar-refractivity contribution in [3.05, 3.63) is 94.6 Å². The molecule has 2 saturated heterocycles. The Kier molecular flexibility index (Phi) is 10.9. The molecule has 5 rings (SSSR count). The van der Waals surface area contributed by atoms with E-state index in [0.717, 1.165) is 25.5 Å². The Morgan fingerprint density at radius 3 is 2.49 bits per heavy atom. The summed E-state index contributed by atoms with van der Waals surface area (Å²) in [4.78, 5) is 17.3. The number of carbonyl (C=O) groups excluding carboxylic acids is 1. The maximum atomic E-state index is 15.1. The van der Waals surface area contributed by atoms with Crippen molar-refractivity contribution in [3.8, 4) is 0 Å². The zero-order chi connectivity index (χ0) is 32.0. The van der Waals surface area contributed by atoms with Crippen LogP contribution in [-0.4, -0.2) is 66.7 Å². The molecule has 3 heterocycles. The van der Waals surface area contributed by atoms with E-state index in [1.54, 1.807) is 33.7 Å². The molecule has 2 aliphatic heterocycles. The summed E-state index contributed by atoms with van der Waals surface area (Å²) in [6, 6.07) is 9.99. The summed E-state index contributed by atoms with van der Waals surface area (Å²) in [6.45, 7) is 4.29. The third-order valence-corrected chi connectivity index (χ3v) is 10.7. The molecule has 0 bridgehead atoms. The number of halogens is 3. The highest BCUT2D eigenvalue weighted by Gasteiger charge is 2.36. The maximum Gasteiger partial charge on any atom is 0.282 e. The molecular weight excluding hydrogens is 603 g/mol. The minimum absolute atomic E-state index is 0.0957. The molecule has 0 aliphatic carbocycles. The summed E-state index contributed by atoms with van der Waals surface area (Å²) < 4.78 is 73.1. The normalized spacial score (nSPS) is 18.9. The molecule has 1 aromatic heterocycles. The average molecular weight is 644 g/mol. The Hall–Kier alpha value is -3.32. The molecule has 2 N–H and O–H groups in total. The minimum atomic E-state index is -3.59. The van der Waals surface area contributed by atoms with E-state index >= 15 is 4.39 Å². The highest BCUT2D eigenvalue weighted by Crippen LogP contribution is 2.31. The number of nitrogens with one attached hydrogen (secondary N) is 2. The number of aryl methyl sites for hydroxylation is 1.